The van der Waals surface area contributed by atoms with Gasteiger partial charge in [-0.1, -0.05) is 32.4 Å². The largest absolute Gasteiger partial charge is 0.497 e. The summed E-state index contributed by atoms with van der Waals surface area (Å²) < 4.78 is 17.1. The second-order valence-electron chi connectivity index (χ2n) is 7.68. The van der Waals surface area contributed by atoms with Gasteiger partial charge in [-0.3, -0.25) is 4.79 Å². The van der Waals surface area contributed by atoms with E-state index in [9.17, 15) is 4.79 Å². The number of rotatable bonds is 6. The average Bonchev–Trinajstić information content (AvgIpc) is 2.65. The van der Waals surface area contributed by atoms with Gasteiger partial charge in [0.15, 0.2) is 0 Å². The highest BCUT2D eigenvalue weighted by molar-refractivity contribution is 5.75. The molecule has 1 fully saturated rings. The van der Waals surface area contributed by atoms with E-state index in [1.165, 1.54) is 5.56 Å². The van der Waals surface area contributed by atoms with Crippen molar-refractivity contribution >= 4 is 5.97 Å². The lowest BCUT2D eigenvalue weighted by molar-refractivity contribution is -0.160. The monoisotopic (exact) mass is 363 g/mol. The molecule has 1 aromatic rings. The number of benzene rings is 1. The Morgan fingerprint density at radius 2 is 1.92 bits per heavy atom. The average molecular weight is 363 g/mol. The SMILES string of the molecule is COc1ccc(CC2CCCC(N)C(=O)OC(C)C2OCC(C)C)cc1. The number of ether oxygens (including phenoxy) is 3. The summed E-state index contributed by atoms with van der Waals surface area (Å²) in [6, 6.07) is 7.60. The maximum absolute atomic E-state index is 12.1. The molecule has 0 radical (unpaired) electrons. The van der Waals surface area contributed by atoms with Gasteiger partial charge >= 0.3 is 5.97 Å². The Morgan fingerprint density at radius 3 is 2.54 bits per heavy atom. The molecular weight excluding hydrogens is 330 g/mol. The van der Waals surface area contributed by atoms with E-state index < -0.39 is 6.04 Å². The van der Waals surface area contributed by atoms with Crippen molar-refractivity contribution in [1.29, 1.82) is 0 Å². The molecule has 1 heterocycles. The van der Waals surface area contributed by atoms with Gasteiger partial charge in [0.25, 0.3) is 0 Å². The van der Waals surface area contributed by atoms with E-state index in [4.69, 9.17) is 19.9 Å². The van der Waals surface area contributed by atoms with Gasteiger partial charge in [-0.15, -0.1) is 0 Å². The lowest BCUT2D eigenvalue weighted by atomic mass is 9.86. The van der Waals surface area contributed by atoms with Crippen molar-refractivity contribution in [2.75, 3.05) is 13.7 Å². The van der Waals surface area contributed by atoms with Crippen molar-refractivity contribution in [1.82, 2.24) is 0 Å². The second-order valence-corrected chi connectivity index (χ2v) is 7.68. The number of hydrogen-bond donors (Lipinski definition) is 1. The molecule has 0 spiro atoms. The Balaban J connectivity index is 2.18. The van der Waals surface area contributed by atoms with Crippen LogP contribution in [0.5, 0.6) is 5.75 Å². The number of methoxy groups -OCH3 is 1. The molecule has 5 nitrogen and oxygen atoms in total. The van der Waals surface area contributed by atoms with E-state index in [2.05, 4.69) is 26.0 Å². The predicted octanol–water partition coefficient (Wildman–Crippen LogP) is 3.34. The van der Waals surface area contributed by atoms with E-state index >= 15 is 0 Å². The van der Waals surface area contributed by atoms with Crippen LogP contribution in [0.1, 0.15) is 45.6 Å². The molecule has 1 aliphatic rings. The summed E-state index contributed by atoms with van der Waals surface area (Å²) in [6.07, 6.45) is 2.95. The first-order valence-corrected chi connectivity index (χ1v) is 9.61. The van der Waals surface area contributed by atoms with Gasteiger partial charge < -0.3 is 19.9 Å². The molecule has 146 valence electrons. The maximum atomic E-state index is 12.1. The van der Waals surface area contributed by atoms with Gasteiger partial charge in [-0.05, 0) is 55.7 Å². The summed E-state index contributed by atoms with van der Waals surface area (Å²) in [5.41, 5.74) is 7.18. The van der Waals surface area contributed by atoms with Crippen LogP contribution in [-0.2, 0) is 20.7 Å². The minimum absolute atomic E-state index is 0.131. The van der Waals surface area contributed by atoms with Crippen molar-refractivity contribution in [3.63, 3.8) is 0 Å². The van der Waals surface area contributed by atoms with Crippen LogP contribution in [0, 0.1) is 11.8 Å². The molecule has 4 atom stereocenters. The number of carbonyl (C=O) groups excluding carboxylic acids is 1. The molecule has 0 aliphatic carbocycles. The molecule has 0 saturated carbocycles. The fraction of sp³-hybridized carbons (Fsp3) is 0.667. The van der Waals surface area contributed by atoms with Gasteiger partial charge in [-0.25, -0.2) is 0 Å². The smallest absolute Gasteiger partial charge is 0.323 e. The zero-order chi connectivity index (χ0) is 19.1. The third-order valence-corrected chi connectivity index (χ3v) is 4.90. The Morgan fingerprint density at radius 1 is 1.23 bits per heavy atom. The van der Waals surface area contributed by atoms with E-state index in [1.54, 1.807) is 7.11 Å². The Hall–Kier alpha value is -1.59. The van der Waals surface area contributed by atoms with Crippen LogP contribution in [0.15, 0.2) is 24.3 Å². The van der Waals surface area contributed by atoms with Crippen molar-refractivity contribution in [3.8, 4) is 5.75 Å². The molecule has 2 N–H and O–H groups in total. The van der Waals surface area contributed by atoms with Crippen molar-refractivity contribution in [3.05, 3.63) is 29.8 Å². The van der Waals surface area contributed by atoms with Crippen molar-refractivity contribution < 1.29 is 19.0 Å². The summed E-state index contributed by atoms with van der Waals surface area (Å²) in [7, 11) is 1.67. The number of nitrogens with two attached hydrogens (primary N) is 1. The zero-order valence-electron chi connectivity index (χ0n) is 16.4. The Kier molecular flexibility index (Phi) is 7.91. The first kappa shape index (κ1) is 20.7. The minimum atomic E-state index is -0.539. The van der Waals surface area contributed by atoms with Crippen LogP contribution >= 0.6 is 0 Å². The number of cyclic esters (lactones) is 1. The van der Waals surface area contributed by atoms with Crippen molar-refractivity contribution in [2.45, 2.75) is 64.7 Å². The van der Waals surface area contributed by atoms with Gasteiger partial charge in [0.2, 0.25) is 0 Å². The fourth-order valence-electron chi connectivity index (χ4n) is 3.46. The highest BCUT2D eigenvalue weighted by atomic mass is 16.6. The molecule has 0 aromatic heterocycles. The van der Waals surface area contributed by atoms with Crippen LogP contribution in [0.3, 0.4) is 0 Å². The molecule has 0 bridgehead atoms. The number of esters is 1. The molecule has 4 unspecified atom stereocenters. The fourth-order valence-corrected chi connectivity index (χ4v) is 3.46. The van der Waals surface area contributed by atoms with E-state index in [0.29, 0.717) is 18.9 Å². The third-order valence-electron chi connectivity index (χ3n) is 4.90. The molecular formula is C21H33NO4. The molecule has 5 heteroatoms. The van der Waals surface area contributed by atoms with Gasteiger partial charge in [0.05, 0.1) is 13.2 Å². The molecule has 2 rings (SSSR count). The summed E-state index contributed by atoms with van der Waals surface area (Å²) in [5.74, 6) is 1.23. The molecule has 0 amide bonds. The predicted molar refractivity (Wildman–Crippen MR) is 102 cm³/mol. The van der Waals surface area contributed by atoms with Gasteiger partial charge in [-0.2, -0.15) is 0 Å². The molecule has 1 aliphatic heterocycles. The number of hydrogen-bond acceptors (Lipinski definition) is 5. The molecule has 1 aromatic carbocycles. The molecule has 26 heavy (non-hydrogen) atoms. The quantitative estimate of drug-likeness (QED) is 0.785. The second kappa shape index (κ2) is 9.93. The maximum Gasteiger partial charge on any atom is 0.323 e. The van der Waals surface area contributed by atoms with Crippen LogP contribution in [0.25, 0.3) is 0 Å². The Bertz CT molecular complexity index is 558. The zero-order valence-corrected chi connectivity index (χ0v) is 16.4. The summed E-state index contributed by atoms with van der Waals surface area (Å²) in [4.78, 5) is 12.1. The summed E-state index contributed by atoms with van der Waals surface area (Å²) in [5, 5.41) is 0. The third kappa shape index (κ3) is 5.99. The first-order valence-electron chi connectivity index (χ1n) is 9.61. The molecule has 1 saturated heterocycles. The number of carbonyl (C=O) groups is 1. The van der Waals surface area contributed by atoms with Crippen LogP contribution in [0.2, 0.25) is 0 Å². The van der Waals surface area contributed by atoms with Crippen LogP contribution in [-0.4, -0.2) is 37.9 Å². The summed E-state index contributed by atoms with van der Waals surface area (Å²) >= 11 is 0. The highest BCUT2D eigenvalue weighted by Gasteiger charge is 2.33. The standard InChI is InChI=1S/C21H33NO4/c1-14(2)13-25-20-15(3)26-21(23)19(22)7-5-6-17(20)12-16-8-10-18(24-4)11-9-16/h8-11,14-15,17,19-20H,5-7,12-13,22H2,1-4H3. The van der Waals surface area contributed by atoms with Crippen LogP contribution in [0.4, 0.5) is 0 Å². The normalized spacial score (nSPS) is 27.4. The van der Waals surface area contributed by atoms with Gasteiger partial charge in [0, 0.05) is 6.61 Å². The van der Waals surface area contributed by atoms with E-state index in [0.717, 1.165) is 25.0 Å². The summed E-state index contributed by atoms with van der Waals surface area (Å²) in [6.45, 7) is 6.82. The van der Waals surface area contributed by atoms with E-state index in [1.807, 2.05) is 19.1 Å². The van der Waals surface area contributed by atoms with Gasteiger partial charge in [0.1, 0.15) is 17.9 Å². The lowest BCUT2D eigenvalue weighted by Gasteiger charge is -2.32. The lowest BCUT2D eigenvalue weighted by Crippen LogP contribution is -2.41. The van der Waals surface area contributed by atoms with E-state index in [-0.39, 0.29) is 24.1 Å². The van der Waals surface area contributed by atoms with Crippen molar-refractivity contribution in [2.24, 2.45) is 17.6 Å². The van der Waals surface area contributed by atoms with Crippen LogP contribution < -0.4 is 10.5 Å². The Labute approximate surface area is 157 Å². The minimum Gasteiger partial charge on any atom is -0.497 e. The highest BCUT2D eigenvalue weighted by Crippen LogP contribution is 2.28. The first-order chi connectivity index (χ1) is 12.4. The topological polar surface area (TPSA) is 70.8 Å².